The largest absolute Gasteiger partial charge is 0.319 e. The fourth-order valence-corrected chi connectivity index (χ4v) is 1.99. The van der Waals surface area contributed by atoms with E-state index >= 15 is 0 Å². The molecule has 2 aromatic carbocycles. The van der Waals surface area contributed by atoms with Gasteiger partial charge in [0.1, 0.15) is 0 Å². The van der Waals surface area contributed by atoms with E-state index < -0.39 is 17.5 Å². The zero-order chi connectivity index (χ0) is 14.0. The zero-order valence-electron chi connectivity index (χ0n) is 10.0. The average Bonchev–Trinajstić information content (AvgIpc) is 2.38. The van der Waals surface area contributed by atoms with Crippen molar-refractivity contribution in [2.45, 2.75) is 6.92 Å². The maximum absolute atomic E-state index is 13.5. The number of hydrogen-bond acceptors (Lipinski definition) is 1. The monoisotopic (exact) mass is 325 g/mol. The van der Waals surface area contributed by atoms with Gasteiger partial charge in [-0.05, 0) is 36.8 Å². The molecule has 2 nitrogen and oxygen atoms in total. The van der Waals surface area contributed by atoms with Gasteiger partial charge in [0.15, 0.2) is 11.6 Å². The smallest absolute Gasteiger partial charge is 0.256 e. The Labute approximate surface area is 117 Å². The molecular formula is C14H10BrF2NO. The Kier molecular flexibility index (Phi) is 3.95. The predicted molar refractivity (Wildman–Crippen MR) is 73.2 cm³/mol. The number of hydrogen-bond donors (Lipinski definition) is 1. The molecule has 0 aliphatic carbocycles. The van der Waals surface area contributed by atoms with Crippen molar-refractivity contribution in [3.63, 3.8) is 0 Å². The van der Waals surface area contributed by atoms with E-state index in [0.29, 0.717) is 5.56 Å². The molecule has 1 N–H and O–H groups in total. The van der Waals surface area contributed by atoms with E-state index in [1.807, 2.05) is 0 Å². The number of amides is 1. The quantitative estimate of drug-likeness (QED) is 0.876. The molecule has 98 valence electrons. The molecule has 0 aromatic heterocycles. The van der Waals surface area contributed by atoms with Gasteiger partial charge in [0.05, 0.1) is 5.69 Å². The number of benzene rings is 2. The fourth-order valence-electron chi connectivity index (χ4n) is 1.63. The highest BCUT2D eigenvalue weighted by molar-refractivity contribution is 9.10. The summed E-state index contributed by atoms with van der Waals surface area (Å²) < 4.78 is 27.2. The lowest BCUT2D eigenvalue weighted by atomic mass is 10.1. The first-order valence-electron chi connectivity index (χ1n) is 5.50. The Morgan fingerprint density at radius 3 is 2.68 bits per heavy atom. The fraction of sp³-hybridized carbons (Fsp3) is 0.0714. The third-order valence-electron chi connectivity index (χ3n) is 2.64. The van der Waals surface area contributed by atoms with Crippen LogP contribution in [0.25, 0.3) is 0 Å². The molecule has 19 heavy (non-hydrogen) atoms. The number of halogens is 3. The normalized spacial score (nSPS) is 10.3. The number of anilines is 1. The molecule has 0 fully saturated rings. The maximum Gasteiger partial charge on any atom is 0.256 e. The van der Waals surface area contributed by atoms with Gasteiger partial charge in [0.2, 0.25) is 0 Å². The average molecular weight is 326 g/mol. The van der Waals surface area contributed by atoms with E-state index in [4.69, 9.17) is 0 Å². The number of nitrogens with one attached hydrogen (secondary N) is 1. The Balaban J connectivity index is 2.31. The molecule has 0 radical (unpaired) electrons. The van der Waals surface area contributed by atoms with Gasteiger partial charge in [-0.2, -0.15) is 0 Å². The van der Waals surface area contributed by atoms with E-state index in [0.717, 1.165) is 16.1 Å². The Morgan fingerprint density at radius 1 is 1.21 bits per heavy atom. The van der Waals surface area contributed by atoms with Crippen molar-refractivity contribution in [1.29, 1.82) is 0 Å². The van der Waals surface area contributed by atoms with Gasteiger partial charge in [-0.25, -0.2) is 8.78 Å². The van der Waals surface area contributed by atoms with E-state index in [-0.39, 0.29) is 5.69 Å². The van der Waals surface area contributed by atoms with Crippen molar-refractivity contribution in [3.8, 4) is 0 Å². The highest BCUT2D eigenvalue weighted by Crippen LogP contribution is 2.20. The molecule has 0 unspecified atom stereocenters. The predicted octanol–water partition coefficient (Wildman–Crippen LogP) is 4.29. The number of carbonyl (C=O) groups excluding carboxylic acids is 1. The number of carbonyl (C=O) groups is 1. The van der Waals surface area contributed by atoms with Crippen molar-refractivity contribution < 1.29 is 13.6 Å². The Morgan fingerprint density at radius 2 is 1.95 bits per heavy atom. The minimum atomic E-state index is -1.07. The molecule has 0 saturated heterocycles. The van der Waals surface area contributed by atoms with Crippen LogP contribution < -0.4 is 5.32 Å². The summed E-state index contributed by atoms with van der Waals surface area (Å²) in [6, 6.07) is 8.83. The second-order valence-electron chi connectivity index (χ2n) is 4.01. The molecule has 0 aliphatic heterocycles. The summed E-state index contributed by atoms with van der Waals surface area (Å²) in [4.78, 5) is 12.0. The van der Waals surface area contributed by atoms with Gasteiger partial charge in [0.25, 0.3) is 5.91 Å². The Bertz CT molecular complexity index is 643. The van der Waals surface area contributed by atoms with E-state index in [2.05, 4.69) is 21.2 Å². The first-order chi connectivity index (χ1) is 8.99. The second-order valence-corrected chi connectivity index (χ2v) is 4.93. The molecule has 0 atom stereocenters. The lowest BCUT2D eigenvalue weighted by Crippen LogP contribution is -2.14. The van der Waals surface area contributed by atoms with Crippen LogP contribution in [0.4, 0.5) is 14.5 Å². The third-order valence-corrected chi connectivity index (χ3v) is 3.14. The molecule has 1 amide bonds. The summed E-state index contributed by atoms with van der Waals surface area (Å²) in [7, 11) is 0. The molecule has 0 spiro atoms. The molecule has 0 heterocycles. The highest BCUT2D eigenvalue weighted by atomic mass is 79.9. The van der Waals surface area contributed by atoms with Crippen LogP contribution in [0, 0.1) is 18.6 Å². The van der Waals surface area contributed by atoms with Gasteiger partial charge in [-0.3, -0.25) is 4.79 Å². The first kappa shape index (κ1) is 13.7. The van der Waals surface area contributed by atoms with Crippen molar-refractivity contribution in [1.82, 2.24) is 0 Å². The van der Waals surface area contributed by atoms with E-state index in [1.165, 1.54) is 12.1 Å². The van der Waals surface area contributed by atoms with Crippen molar-refractivity contribution in [3.05, 3.63) is 63.6 Å². The third kappa shape index (κ3) is 2.98. The molecule has 0 saturated carbocycles. The minimum Gasteiger partial charge on any atom is -0.319 e. The molecule has 2 aromatic rings. The summed E-state index contributed by atoms with van der Waals surface area (Å²) in [5.74, 6) is -2.55. The molecule has 5 heteroatoms. The summed E-state index contributed by atoms with van der Waals surface area (Å²) in [5.41, 5.74) is 0.972. The summed E-state index contributed by atoms with van der Waals surface area (Å²) >= 11 is 3.26. The first-order valence-corrected chi connectivity index (χ1v) is 6.30. The molecule has 2 rings (SSSR count). The molecular weight excluding hydrogens is 316 g/mol. The van der Waals surface area contributed by atoms with Crippen LogP contribution >= 0.6 is 15.9 Å². The summed E-state index contributed by atoms with van der Waals surface area (Å²) in [6.07, 6.45) is 0. The van der Waals surface area contributed by atoms with Crippen LogP contribution in [0.5, 0.6) is 0 Å². The topological polar surface area (TPSA) is 29.1 Å². The summed E-state index contributed by atoms with van der Waals surface area (Å²) in [5, 5.41) is 2.36. The van der Waals surface area contributed by atoms with Crippen LogP contribution in [0.15, 0.2) is 40.9 Å². The van der Waals surface area contributed by atoms with Crippen LogP contribution in [-0.2, 0) is 0 Å². The van der Waals surface area contributed by atoms with E-state index in [1.54, 1.807) is 25.1 Å². The van der Waals surface area contributed by atoms with Crippen molar-refractivity contribution in [2.24, 2.45) is 0 Å². The zero-order valence-corrected chi connectivity index (χ0v) is 11.6. The minimum absolute atomic E-state index is 0.177. The standard InChI is InChI=1S/C14H10BrF2NO/c1-8-5-6-9(15)7-10(8)14(19)18-12-4-2-3-11(16)13(12)17/h2-7H,1H3,(H,18,19). The van der Waals surface area contributed by atoms with Crippen molar-refractivity contribution in [2.75, 3.05) is 5.32 Å². The SMILES string of the molecule is Cc1ccc(Br)cc1C(=O)Nc1cccc(F)c1F. The van der Waals surface area contributed by atoms with Crippen LogP contribution in [-0.4, -0.2) is 5.91 Å². The lowest BCUT2D eigenvalue weighted by Gasteiger charge is -2.09. The second kappa shape index (κ2) is 5.48. The van der Waals surface area contributed by atoms with E-state index in [9.17, 15) is 13.6 Å². The maximum atomic E-state index is 13.5. The van der Waals surface area contributed by atoms with Crippen LogP contribution in [0.3, 0.4) is 0 Å². The van der Waals surface area contributed by atoms with Crippen LogP contribution in [0.2, 0.25) is 0 Å². The number of rotatable bonds is 2. The van der Waals surface area contributed by atoms with Gasteiger partial charge >= 0.3 is 0 Å². The molecule has 0 aliphatic rings. The van der Waals surface area contributed by atoms with Gasteiger partial charge in [0, 0.05) is 10.0 Å². The van der Waals surface area contributed by atoms with Gasteiger partial charge < -0.3 is 5.32 Å². The summed E-state index contributed by atoms with van der Waals surface area (Å²) in [6.45, 7) is 1.77. The van der Waals surface area contributed by atoms with Gasteiger partial charge in [-0.1, -0.05) is 28.1 Å². The highest BCUT2D eigenvalue weighted by Gasteiger charge is 2.14. The van der Waals surface area contributed by atoms with Crippen molar-refractivity contribution >= 4 is 27.5 Å². The molecule has 0 bridgehead atoms. The Hall–Kier alpha value is -1.75. The van der Waals surface area contributed by atoms with Gasteiger partial charge in [-0.15, -0.1) is 0 Å². The van der Waals surface area contributed by atoms with Crippen LogP contribution in [0.1, 0.15) is 15.9 Å². The lowest BCUT2D eigenvalue weighted by molar-refractivity contribution is 0.102. The number of aryl methyl sites for hydroxylation is 1.